The molecule has 0 bridgehead atoms. The van der Waals surface area contributed by atoms with E-state index in [9.17, 15) is 13.8 Å². The number of alkyl halides is 2. The van der Waals surface area contributed by atoms with Crippen molar-refractivity contribution in [2.24, 2.45) is 0 Å². The highest BCUT2D eigenvalue weighted by Crippen LogP contribution is 2.54. The minimum absolute atomic E-state index is 0.263. The Kier molecular flexibility index (Phi) is 4.21. The molecule has 0 saturated carbocycles. The number of rotatable bonds is 3. The highest BCUT2D eigenvalue weighted by molar-refractivity contribution is 9.26. The lowest BCUT2D eigenvalue weighted by Crippen LogP contribution is -2.69. The molecule has 1 N–H and O–H groups in total. The van der Waals surface area contributed by atoms with E-state index in [1.807, 2.05) is 30.3 Å². The molecule has 2 saturated heterocycles. The quantitative estimate of drug-likeness (QED) is 0.549. The Morgan fingerprint density at radius 1 is 1.30 bits per heavy atom. The second-order valence-corrected chi connectivity index (χ2v) is 11.9. The summed E-state index contributed by atoms with van der Waals surface area (Å²) in [5, 5.41) is 2.31. The molecule has 1 aromatic carbocycles. The first-order chi connectivity index (χ1) is 10.7. The smallest absolute Gasteiger partial charge is 0.255 e. The molecule has 124 valence electrons. The minimum atomic E-state index is -1.36. The van der Waals surface area contributed by atoms with Crippen LogP contribution in [-0.4, -0.2) is 40.3 Å². The van der Waals surface area contributed by atoms with Gasteiger partial charge >= 0.3 is 0 Å². The third-order valence-corrected chi connectivity index (χ3v) is 8.70. The average Bonchev–Trinajstić information content (AvgIpc) is 2.71. The van der Waals surface area contributed by atoms with Gasteiger partial charge in [0, 0.05) is 6.54 Å². The van der Waals surface area contributed by atoms with Crippen LogP contribution < -0.4 is 5.32 Å². The number of nitrogens with one attached hydrogen (secondary N) is 1. The number of halogens is 2. The van der Waals surface area contributed by atoms with Gasteiger partial charge in [-0.2, -0.15) is 0 Å². The molecular weight excluding hydrogens is 448 g/mol. The van der Waals surface area contributed by atoms with Crippen LogP contribution in [0.1, 0.15) is 19.4 Å². The Balaban J connectivity index is 1.80. The van der Waals surface area contributed by atoms with Crippen LogP contribution in [0, 0.1) is 0 Å². The maximum absolute atomic E-state index is 12.7. The first-order valence-corrected chi connectivity index (χ1v) is 9.92. The van der Waals surface area contributed by atoms with E-state index < -0.39 is 30.2 Å². The van der Waals surface area contributed by atoms with Gasteiger partial charge in [0.25, 0.3) is 5.91 Å². The van der Waals surface area contributed by atoms with E-state index >= 15 is 0 Å². The summed E-state index contributed by atoms with van der Waals surface area (Å²) in [6.45, 7) is 3.90. The van der Waals surface area contributed by atoms with Gasteiger partial charge in [0.2, 0.25) is 5.91 Å². The van der Waals surface area contributed by atoms with Crippen molar-refractivity contribution < 1.29 is 13.8 Å². The van der Waals surface area contributed by atoms with Crippen molar-refractivity contribution in [1.82, 2.24) is 10.2 Å². The van der Waals surface area contributed by atoms with Gasteiger partial charge in [-0.1, -0.05) is 62.2 Å². The van der Waals surface area contributed by atoms with Crippen LogP contribution in [0.4, 0.5) is 0 Å². The van der Waals surface area contributed by atoms with Crippen molar-refractivity contribution in [3.63, 3.8) is 0 Å². The zero-order valence-corrected chi connectivity index (χ0v) is 16.6. The largest absolute Gasteiger partial charge is 0.350 e. The minimum Gasteiger partial charge on any atom is -0.350 e. The van der Waals surface area contributed by atoms with Gasteiger partial charge in [0.05, 0.1) is 15.5 Å². The molecule has 0 aromatic heterocycles. The van der Waals surface area contributed by atoms with E-state index in [0.29, 0.717) is 6.54 Å². The number of hydrogen-bond donors (Lipinski definition) is 1. The molecule has 2 fully saturated rings. The molecule has 23 heavy (non-hydrogen) atoms. The Labute approximate surface area is 153 Å². The molecule has 2 heterocycles. The second kappa shape index (κ2) is 5.67. The summed E-state index contributed by atoms with van der Waals surface area (Å²) in [4.78, 5) is 26.4. The summed E-state index contributed by atoms with van der Waals surface area (Å²) in [5.41, 5.74) is 0.972. The molecule has 2 aliphatic rings. The first-order valence-electron chi connectivity index (χ1n) is 7.12. The van der Waals surface area contributed by atoms with Gasteiger partial charge in [0.1, 0.15) is 11.4 Å². The zero-order chi connectivity index (χ0) is 17.0. The van der Waals surface area contributed by atoms with E-state index in [0.717, 1.165) is 5.56 Å². The topological polar surface area (TPSA) is 66.5 Å². The first kappa shape index (κ1) is 17.1. The van der Waals surface area contributed by atoms with Gasteiger partial charge < -0.3 is 10.2 Å². The molecule has 0 spiro atoms. The zero-order valence-electron chi connectivity index (χ0n) is 12.6. The fraction of sp³-hybridized carbons (Fsp3) is 0.467. The third kappa shape index (κ3) is 2.49. The van der Waals surface area contributed by atoms with E-state index in [1.165, 1.54) is 4.90 Å². The summed E-state index contributed by atoms with van der Waals surface area (Å²) < 4.78 is 10.9. The monoisotopic (exact) mass is 462 g/mol. The Morgan fingerprint density at radius 2 is 1.91 bits per heavy atom. The molecule has 1 aromatic rings. The average molecular weight is 464 g/mol. The van der Waals surface area contributed by atoms with E-state index in [4.69, 9.17) is 0 Å². The van der Waals surface area contributed by atoms with Crippen molar-refractivity contribution in [2.75, 3.05) is 0 Å². The number of β-lactam (4-membered cyclic amide) rings is 1. The normalized spacial score (nSPS) is 30.5. The third-order valence-electron chi connectivity index (χ3n) is 4.30. The van der Waals surface area contributed by atoms with Gasteiger partial charge in [0.15, 0.2) is 3.23 Å². The van der Waals surface area contributed by atoms with Crippen LogP contribution in [0.2, 0.25) is 0 Å². The Bertz CT molecular complexity index is 693. The molecule has 5 nitrogen and oxygen atoms in total. The van der Waals surface area contributed by atoms with Crippen LogP contribution >= 0.6 is 31.9 Å². The maximum Gasteiger partial charge on any atom is 0.255 e. The molecule has 3 rings (SSSR count). The van der Waals surface area contributed by atoms with Gasteiger partial charge in [-0.3, -0.25) is 13.8 Å². The van der Waals surface area contributed by atoms with Crippen LogP contribution in [0.5, 0.6) is 0 Å². The van der Waals surface area contributed by atoms with Crippen LogP contribution in [0.3, 0.4) is 0 Å². The number of carbonyl (C=O) groups excluding carboxylic acids is 2. The highest BCUT2D eigenvalue weighted by Gasteiger charge is 2.73. The predicted octanol–water partition coefficient (Wildman–Crippen LogP) is 1.87. The van der Waals surface area contributed by atoms with Crippen molar-refractivity contribution in [2.45, 2.75) is 39.8 Å². The van der Waals surface area contributed by atoms with E-state index in [1.54, 1.807) is 13.8 Å². The molecule has 1 unspecified atom stereocenters. The highest BCUT2D eigenvalue weighted by atomic mass is 79.9. The summed E-state index contributed by atoms with van der Waals surface area (Å²) in [7, 11) is -1.36. The molecule has 2 aliphatic heterocycles. The van der Waals surface area contributed by atoms with E-state index in [-0.39, 0.29) is 11.8 Å². The summed E-state index contributed by atoms with van der Waals surface area (Å²) in [6.07, 6.45) is 0. The summed E-state index contributed by atoms with van der Waals surface area (Å²) in [6, 6.07) is 8.79. The number of amides is 2. The number of benzene rings is 1. The Hall–Kier alpha value is -0.730. The Morgan fingerprint density at radius 3 is 2.52 bits per heavy atom. The van der Waals surface area contributed by atoms with Crippen LogP contribution in [0.15, 0.2) is 30.3 Å². The molecule has 0 radical (unpaired) electrons. The van der Waals surface area contributed by atoms with Gasteiger partial charge in [-0.05, 0) is 19.4 Å². The lowest BCUT2D eigenvalue weighted by atomic mass is 9.97. The fourth-order valence-corrected chi connectivity index (χ4v) is 6.72. The summed E-state index contributed by atoms with van der Waals surface area (Å²) in [5.74, 6) is -0.542. The molecule has 2 amide bonds. The summed E-state index contributed by atoms with van der Waals surface area (Å²) >= 11 is 6.56. The maximum atomic E-state index is 12.7. The van der Waals surface area contributed by atoms with Gasteiger partial charge in [-0.15, -0.1) is 0 Å². The van der Waals surface area contributed by atoms with Crippen molar-refractivity contribution in [1.29, 1.82) is 0 Å². The lowest BCUT2D eigenvalue weighted by molar-refractivity contribution is -0.149. The van der Waals surface area contributed by atoms with Crippen molar-refractivity contribution in [3.8, 4) is 0 Å². The number of nitrogens with zero attached hydrogens (tertiary/aromatic N) is 1. The van der Waals surface area contributed by atoms with Gasteiger partial charge in [-0.25, -0.2) is 0 Å². The van der Waals surface area contributed by atoms with Crippen LogP contribution in [0.25, 0.3) is 0 Å². The van der Waals surface area contributed by atoms with Crippen LogP contribution in [-0.2, 0) is 26.9 Å². The lowest BCUT2D eigenvalue weighted by Gasteiger charge is -2.46. The van der Waals surface area contributed by atoms with Crippen molar-refractivity contribution in [3.05, 3.63) is 35.9 Å². The fourth-order valence-electron chi connectivity index (χ4n) is 3.04. The number of fused-ring (bicyclic) bond motifs is 1. The standard InChI is InChI=1S/C15H16Br2N2O3S/c1-14(2)10(11(20)18-8-9-6-4-3-5-7-9)19-12(21)15(16,17)13(19)23(14)22/h3-7,10,13H,8H2,1-2H3,(H,18,20)/t10-,13+,23?/m0/s1. The van der Waals surface area contributed by atoms with E-state index in [2.05, 4.69) is 37.2 Å². The molecule has 3 atom stereocenters. The number of carbonyl (C=O) groups is 2. The molecule has 0 aliphatic carbocycles. The van der Waals surface area contributed by atoms with Crippen molar-refractivity contribution >= 4 is 54.5 Å². The number of hydrogen-bond acceptors (Lipinski definition) is 3. The SMILES string of the molecule is CC1(C)[C@H](C(=O)NCc2ccccc2)N2C(=O)C(Br)(Br)[C@H]2S1=O. The predicted molar refractivity (Wildman–Crippen MR) is 95.5 cm³/mol. The molecular formula is C15H16Br2N2O3S. The molecule has 8 heteroatoms. The second-order valence-electron chi connectivity index (χ2n) is 6.19.